The summed E-state index contributed by atoms with van der Waals surface area (Å²) in [5.41, 5.74) is 2.10. The van der Waals surface area contributed by atoms with Crippen LogP contribution in [0.15, 0.2) is 48.7 Å². The number of aryl methyl sites for hydroxylation is 1. The van der Waals surface area contributed by atoms with Crippen molar-refractivity contribution in [3.05, 3.63) is 64.3 Å². The zero-order valence-electron chi connectivity index (χ0n) is 15.5. The molecule has 7 heteroatoms. The Hall–Kier alpha value is -2.08. The first-order valence-corrected chi connectivity index (χ1v) is 10.2. The lowest BCUT2D eigenvalue weighted by Crippen LogP contribution is -2.48. The molecule has 1 aliphatic heterocycles. The largest absolute Gasteiger partial charge is 0.340 e. The number of rotatable bonds is 5. The quantitative estimate of drug-likeness (QED) is 0.628. The molecule has 1 fully saturated rings. The van der Waals surface area contributed by atoms with E-state index in [0.29, 0.717) is 18.0 Å². The van der Waals surface area contributed by atoms with Crippen LogP contribution in [0.4, 0.5) is 0 Å². The van der Waals surface area contributed by atoms with Crippen LogP contribution in [0, 0.1) is 0 Å². The van der Waals surface area contributed by atoms with Gasteiger partial charge in [0.25, 0.3) is 0 Å². The Bertz CT molecular complexity index is 979. The first-order valence-electron chi connectivity index (χ1n) is 9.45. The fourth-order valence-electron chi connectivity index (χ4n) is 3.63. The van der Waals surface area contributed by atoms with Gasteiger partial charge in [-0.1, -0.05) is 47.5 Å². The smallest absolute Gasteiger partial charge is 0.224 e. The maximum absolute atomic E-state index is 12.6. The molecule has 1 saturated heterocycles. The highest BCUT2D eigenvalue weighted by atomic mass is 35.5. The molecule has 0 N–H and O–H groups in total. The molecule has 0 radical (unpaired) electrons. The van der Waals surface area contributed by atoms with Gasteiger partial charge in [-0.2, -0.15) is 5.10 Å². The Morgan fingerprint density at radius 2 is 1.71 bits per heavy atom. The van der Waals surface area contributed by atoms with Crippen LogP contribution in [-0.4, -0.2) is 51.7 Å². The van der Waals surface area contributed by atoms with E-state index in [9.17, 15) is 4.79 Å². The van der Waals surface area contributed by atoms with Crippen LogP contribution in [0.1, 0.15) is 12.0 Å². The first-order chi connectivity index (χ1) is 13.6. The van der Waals surface area contributed by atoms with E-state index in [1.165, 1.54) is 0 Å². The van der Waals surface area contributed by atoms with Crippen LogP contribution in [0.3, 0.4) is 0 Å². The third-order valence-electron chi connectivity index (χ3n) is 5.25. The number of hydrogen-bond donors (Lipinski definition) is 0. The highest BCUT2D eigenvalue weighted by Gasteiger charge is 2.21. The number of carbonyl (C=O) groups is 1. The number of benzene rings is 2. The lowest BCUT2D eigenvalue weighted by molar-refractivity contribution is -0.133. The maximum Gasteiger partial charge on any atom is 0.224 e. The van der Waals surface area contributed by atoms with Crippen LogP contribution in [-0.2, 0) is 17.9 Å². The fraction of sp³-hybridized carbons (Fsp3) is 0.333. The number of halogens is 2. The van der Waals surface area contributed by atoms with Gasteiger partial charge in [-0.15, -0.1) is 0 Å². The van der Waals surface area contributed by atoms with Gasteiger partial charge in [-0.25, -0.2) is 0 Å². The van der Waals surface area contributed by atoms with Crippen molar-refractivity contribution in [2.45, 2.75) is 19.5 Å². The molecule has 0 atom stereocenters. The van der Waals surface area contributed by atoms with Crippen LogP contribution in [0.5, 0.6) is 0 Å². The zero-order chi connectivity index (χ0) is 19.5. The van der Waals surface area contributed by atoms with E-state index in [1.807, 2.05) is 46.0 Å². The van der Waals surface area contributed by atoms with E-state index in [-0.39, 0.29) is 5.91 Å². The van der Waals surface area contributed by atoms with Gasteiger partial charge < -0.3 is 4.90 Å². The van der Waals surface area contributed by atoms with Crippen molar-refractivity contribution in [1.82, 2.24) is 19.6 Å². The lowest BCUT2D eigenvalue weighted by Gasteiger charge is -2.35. The molecule has 0 aliphatic carbocycles. The molecule has 146 valence electrons. The minimum absolute atomic E-state index is 0.170. The molecule has 0 bridgehead atoms. The number of piperazine rings is 1. The summed E-state index contributed by atoms with van der Waals surface area (Å²) in [7, 11) is 0. The zero-order valence-corrected chi connectivity index (χ0v) is 17.0. The van der Waals surface area contributed by atoms with Crippen molar-refractivity contribution < 1.29 is 4.79 Å². The third-order valence-corrected chi connectivity index (χ3v) is 5.95. The molecule has 0 saturated carbocycles. The minimum Gasteiger partial charge on any atom is -0.340 e. The summed E-state index contributed by atoms with van der Waals surface area (Å²) < 4.78 is 1.85. The number of amides is 1. The Morgan fingerprint density at radius 3 is 2.50 bits per heavy atom. The number of carbonyl (C=O) groups excluding carboxylic acids is 1. The van der Waals surface area contributed by atoms with E-state index >= 15 is 0 Å². The average molecular weight is 417 g/mol. The van der Waals surface area contributed by atoms with Gasteiger partial charge in [0.2, 0.25) is 5.91 Å². The normalized spacial score (nSPS) is 15.3. The van der Waals surface area contributed by atoms with Crippen molar-refractivity contribution in [1.29, 1.82) is 0 Å². The monoisotopic (exact) mass is 416 g/mol. The molecule has 1 aromatic heterocycles. The third kappa shape index (κ3) is 4.17. The van der Waals surface area contributed by atoms with E-state index in [4.69, 9.17) is 23.2 Å². The van der Waals surface area contributed by atoms with Crippen LogP contribution < -0.4 is 0 Å². The molecule has 1 aliphatic rings. The van der Waals surface area contributed by atoms with Gasteiger partial charge in [-0.3, -0.25) is 14.4 Å². The Kier molecular flexibility index (Phi) is 5.85. The molecule has 2 heterocycles. The Morgan fingerprint density at radius 1 is 0.964 bits per heavy atom. The summed E-state index contributed by atoms with van der Waals surface area (Å²) in [6.45, 7) is 4.59. The van der Waals surface area contributed by atoms with E-state index in [2.05, 4.69) is 16.1 Å². The predicted octanol–water partition coefficient (Wildman–Crippen LogP) is 4.08. The molecule has 0 unspecified atom stereocenters. The van der Waals surface area contributed by atoms with Crippen molar-refractivity contribution in [3.8, 4) is 0 Å². The number of hydrogen-bond acceptors (Lipinski definition) is 3. The van der Waals surface area contributed by atoms with Gasteiger partial charge in [0, 0.05) is 49.6 Å². The Balaban J connectivity index is 1.29. The van der Waals surface area contributed by atoms with Crippen molar-refractivity contribution in [2.75, 3.05) is 26.2 Å². The second-order valence-corrected chi connectivity index (χ2v) is 7.85. The molecular formula is C21H22Cl2N4O. The molecular weight excluding hydrogens is 395 g/mol. The molecule has 2 aromatic carbocycles. The first kappa shape index (κ1) is 19.2. The van der Waals surface area contributed by atoms with Gasteiger partial charge in [0.1, 0.15) is 0 Å². The molecule has 5 nitrogen and oxygen atoms in total. The standard InChI is InChI=1S/C21H22Cl2N4O/c22-18-5-2-1-4-16(18)15-25-10-12-26(13-11-25)21(28)8-9-27-20-7-3-6-19(23)17(20)14-24-27/h1-7,14H,8-13,15H2. The SMILES string of the molecule is O=C(CCn1ncc2c(Cl)cccc21)N1CCN(Cc2ccccc2Cl)CC1. The van der Waals surface area contributed by atoms with Crippen LogP contribution in [0.25, 0.3) is 10.9 Å². The lowest BCUT2D eigenvalue weighted by atomic mass is 10.2. The molecule has 1 amide bonds. The number of fused-ring (bicyclic) bond motifs is 1. The van der Waals surface area contributed by atoms with E-state index < -0.39 is 0 Å². The fourth-order valence-corrected chi connectivity index (χ4v) is 4.04. The summed E-state index contributed by atoms with van der Waals surface area (Å²) >= 11 is 12.5. The second kappa shape index (κ2) is 8.52. The summed E-state index contributed by atoms with van der Waals surface area (Å²) in [6, 6.07) is 13.7. The highest BCUT2D eigenvalue weighted by molar-refractivity contribution is 6.35. The maximum atomic E-state index is 12.6. The van der Waals surface area contributed by atoms with E-state index in [1.54, 1.807) is 6.20 Å². The summed E-state index contributed by atoms with van der Waals surface area (Å²) in [5, 5.41) is 6.79. The minimum atomic E-state index is 0.170. The predicted molar refractivity (Wildman–Crippen MR) is 113 cm³/mol. The molecule has 4 rings (SSSR count). The van der Waals surface area contributed by atoms with Crippen LogP contribution >= 0.6 is 23.2 Å². The summed E-state index contributed by atoms with van der Waals surface area (Å²) in [4.78, 5) is 16.9. The highest BCUT2D eigenvalue weighted by Crippen LogP contribution is 2.23. The van der Waals surface area contributed by atoms with Crippen molar-refractivity contribution in [2.24, 2.45) is 0 Å². The van der Waals surface area contributed by atoms with Crippen LogP contribution in [0.2, 0.25) is 10.0 Å². The second-order valence-electron chi connectivity index (χ2n) is 7.04. The Labute approximate surface area is 174 Å². The summed E-state index contributed by atoms with van der Waals surface area (Å²) in [5.74, 6) is 0.170. The van der Waals surface area contributed by atoms with Gasteiger partial charge in [-0.05, 0) is 23.8 Å². The van der Waals surface area contributed by atoms with Crippen molar-refractivity contribution in [3.63, 3.8) is 0 Å². The molecule has 0 spiro atoms. The van der Waals surface area contributed by atoms with E-state index in [0.717, 1.165) is 54.2 Å². The van der Waals surface area contributed by atoms with Crippen molar-refractivity contribution >= 4 is 40.0 Å². The topological polar surface area (TPSA) is 41.4 Å². The van der Waals surface area contributed by atoms with Gasteiger partial charge in [0.05, 0.1) is 23.3 Å². The molecule has 3 aromatic rings. The van der Waals surface area contributed by atoms with Gasteiger partial charge in [0.15, 0.2) is 0 Å². The summed E-state index contributed by atoms with van der Waals surface area (Å²) in [6.07, 6.45) is 2.20. The molecule has 28 heavy (non-hydrogen) atoms. The average Bonchev–Trinajstić information content (AvgIpc) is 3.13. The number of aromatic nitrogens is 2. The number of nitrogens with zero attached hydrogens (tertiary/aromatic N) is 4. The van der Waals surface area contributed by atoms with Gasteiger partial charge >= 0.3 is 0 Å².